The molecule has 0 aliphatic heterocycles. The van der Waals surface area contributed by atoms with E-state index in [2.05, 4.69) is 27.7 Å². The van der Waals surface area contributed by atoms with Crippen LogP contribution in [0.2, 0.25) is 0 Å². The summed E-state index contributed by atoms with van der Waals surface area (Å²) in [4.78, 5) is 47.9. The number of phosphoric acid groups is 1. The van der Waals surface area contributed by atoms with Gasteiger partial charge in [-0.3, -0.25) is 23.4 Å². The molecule has 63 heavy (non-hydrogen) atoms. The van der Waals surface area contributed by atoms with Crippen molar-refractivity contribution in [3.05, 3.63) is 34.8 Å². The van der Waals surface area contributed by atoms with Crippen LogP contribution >= 0.6 is 7.82 Å². The molecule has 1 aliphatic rings. The number of carbonyl (C=O) groups excluding carboxylic acids is 3. The van der Waals surface area contributed by atoms with Crippen molar-refractivity contribution in [1.82, 2.24) is 0 Å². The van der Waals surface area contributed by atoms with Crippen LogP contribution in [0.4, 0.5) is 0 Å². The molecule has 14 heteroatoms. The van der Waals surface area contributed by atoms with E-state index in [1.807, 2.05) is 6.08 Å². The maximum atomic E-state index is 12.8. The third kappa shape index (κ3) is 25.2. The fraction of sp³-hybridized carbons (Fsp3) is 0.816. The second-order valence-electron chi connectivity index (χ2n) is 17.7. The van der Waals surface area contributed by atoms with Crippen molar-refractivity contribution in [1.29, 1.82) is 0 Å². The van der Waals surface area contributed by atoms with Crippen LogP contribution in [-0.2, 0) is 50.3 Å². The van der Waals surface area contributed by atoms with E-state index in [4.69, 9.17) is 28.7 Å². The summed E-state index contributed by atoms with van der Waals surface area (Å²) in [6.45, 7) is 7.70. The average molecular weight is 912 g/mol. The first-order valence-corrected chi connectivity index (χ1v) is 26.1. The van der Waals surface area contributed by atoms with Crippen LogP contribution in [0.25, 0.3) is 0 Å². The van der Waals surface area contributed by atoms with Gasteiger partial charge in [-0.2, -0.15) is 0 Å². The second kappa shape index (κ2) is 34.0. The predicted octanol–water partition coefficient (Wildman–Crippen LogP) is 10.4. The summed E-state index contributed by atoms with van der Waals surface area (Å²) >= 11 is 0. The summed E-state index contributed by atoms with van der Waals surface area (Å²) in [6.07, 6.45) is 25.3. The van der Waals surface area contributed by atoms with Crippen molar-refractivity contribution in [3.8, 4) is 0 Å². The van der Waals surface area contributed by atoms with Crippen LogP contribution in [0, 0.1) is 25.7 Å². The van der Waals surface area contributed by atoms with E-state index in [-0.39, 0.29) is 56.6 Å². The standard InChI is InChI=1S/C49H86NO12P/c1-5-7-19-25-40(51)31-32-43-42(44(52)35-45(43)53)26-21-17-18-24-30-49(55)61-41(37-60-63(56,57)59-34-33-50)36-58-48(54)29-23-16-14-12-10-9-11-13-15-22-28-47-39(4)38(3)46(62-47)27-20-8-6-2/h31-32,40-43,45,51,53H,5-30,33-37,50H2,1-4H3,(H,56,57)/b32-31+/t40-,41+,42+,43+,45+/m0/s1. The van der Waals surface area contributed by atoms with Gasteiger partial charge in [0.2, 0.25) is 0 Å². The number of hydrogen-bond donors (Lipinski definition) is 4. The summed E-state index contributed by atoms with van der Waals surface area (Å²) in [5, 5.41) is 20.8. The fourth-order valence-corrected chi connectivity index (χ4v) is 9.00. The number of hydrogen-bond acceptors (Lipinski definition) is 12. The van der Waals surface area contributed by atoms with Crippen LogP contribution in [0.15, 0.2) is 16.6 Å². The van der Waals surface area contributed by atoms with Gasteiger partial charge < -0.3 is 34.7 Å². The topological polar surface area (TPSA) is 205 Å². The number of carbonyl (C=O) groups is 3. The normalized spacial score (nSPS) is 18.5. The monoisotopic (exact) mass is 912 g/mol. The number of ketones is 1. The molecule has 1 saturated carbocycles. The van der Waals surface area contributed by atoms with Crippen molar-refractivity contribution >= 4 is 25.5 Å². The molecule has 1 aromatic heterocycles. The van der Waals surface area contributed by atoms with Crippen molar-refractivity contribution in [2.24, 2.45) is 17.6 Å². The predicted molar refractivity (Wildman–Crippen MR) is 247 cm³/mol. The van der Waals surface area contributed by atoms with Gasteiger partial charge in [-0.15, -0.1) is 0 Å². The number of Topliss-reactive ketones (excluding diaryl/α,β-unsaturated/α-hetero) is 1. The van der Waals surface area contributed by atoms with Crippen molar-refractivity contribution in [2.45, 2.75) is 219 Å². The van der Waals surface area contributed by atoms with Crippen LogP contribution in [-0.4, -0.2) is 77.5 Å². The van der Waals surface area contributed by atoms with Gasteiger partial charge in [0.1, 0.15) is 23.9 Å². The molecule has 1 heterocycles. The summed E-state index contributed by atoms with van der Waals surface area (Å²) in [7, 11) is -4.46. The van der Waals surface area contributed by atoms with Gasteiger partial charge in [-0.1, -0.05) is 129 Å². The minimum Gasteiger partial charge on any atom is -0.466 e. The zero-order chi connectivity index (χ0) is 46.3. The lowest BCUT2D eigenvalue weighted by Crippen LogP contribution is -2.29. The first-order chi connectivity index (χ1) is 30.3. The summed E-state index contributed by atoms with van der Waals surface area (Å²) in [5.74, 6) is 0.794. The third-order valence-corrected chi connectivity index (χ3v) is 13.2. The Hall–Kier alpha value is -2.38. The van der Waals surface area contributed by atoms with Gasteiger partial charge >= 0.3 is 19.8 Å². The molecule has 364 valence electrons. The number of nitrogens with two attached hydrogens (primary N) is 1. The van der Waals surface area contributed by atoms with Crippen LogP contribution < -0.4 is 5.73 Å². The number of phosphoric ester groups is 1. The molecule has 0 spiro atoms. The molecular weight excluding hydrogens is 826 g/mol. The lowest BCUT2D eigenvalue weighted by atomic mass is 9.88. The maximum Gasteiger partial charge on any atom is 0.472 e. The number of rotatable bonds is 39. The Morgan fingerprint density at radius 3 is 1.92 bits per heavy atom. The van der Waals surface area contributed by atoms with E-state index in [0.29, 0.717) is 32.1 Å². The van der Waals surface area contributed by atoms with E-state index in [9.17, 15) is 34.1 Å². The highest BCUT2D eigenvalue weighted by Crippen LogP contribution is 2.43. The lowest BCUT2D eigenvalue weighted by molar-refractivity contribution is -0.161. The van der Waals surface area contributed by atoms with Crippen LogP contribution in [0.1, 0.15) is 197 Å². The van der Waals surface area contributed by atoms with E-state index >= 15 is 0 Å². The number of furan rings is 1. The molecule has 1 fully saturated rings. The number of aryl methyl sites for hydroxylation is 2. The highest BCUT2D eigenvalue weighted by Gasteiger charge is 2.39. The van der Waals surface area contributed by atoms with E-state index < -0.39 is 44.7 Å². The SMILES string of the molecule is CCCCCc1oc(CCCCCCCCCCCCC(=O)OC[C@H](COP(=O)(O)OCCN)OC(=O)CCCCCC[C@H]2C(=O)C[C@@H](O)[C@@H]2/C=C/[C@@H](O)CCCCC)c(C)c1C. The molecular formula is C49H86NO12P. The van der Waals surface area contributed by atoms with Crippen LogP contribution in [0.5, 0.6) is 0 Å². The number of aliphatic hydroxyl groups excluding tert-OH is 2. The Morgan fingerprint density at radius 1 is 0.778 bits per heavy atom. The van der Waals surface area contributed by atoms with Crippen LogP contribution in [0.3, 0.4) is 0 Å². The quantitative estimate of drug-likeness (QED) is 0.0210. The molecule has 5 N–H and O–H groups in total. The Labute approximate surface area is 379 Å². The van der Waals surface area contributed by atoms with Crippen molar-refractivity contribution < 1.29 is 57.0 Å². The summed E-state index contributed by atoms with van der Waals surface area (Å²) in [5.41, 5.74) is 8.03. The average Bonchev–Trinajstić information content (AvgIpc) is 3.68. The summed E-state index contributed by atoms with van der Waals surface area (Å²) in [6, 6.07) is 0. The van der Waals surface area contributed by atoms with E-state index in [0.717, 1.165) is 70.6 Å². The van der Waals surface area contributed by atoms with Gasteiger partial charge in [0.25, 0.3) is 0 Å². The number of aliphatic hydroxyl groups is 2. The van der Waals surface area contributed by atoms with Gasteiger partial charge in [-0.25, -0.2) is 4.57 Å². The Balaban J connectivity index is 1.63. The minimum absolute atomic E-state index is 0.0110. The summed E-state index contributed by atoms with van der Waals surface area (Å²) < 4.78 is 39.1. The number of ether oxygens (including phenoxy) is 2. The van der Waals surface area contributed by atoms with E-state index in [1.165, 1.54) is 74.0 Å². The van der Waals surface area contributed by atoms with Crippen molar-refractivity contribution in [2.75, 3.05) is 26.4 Å². The molecule has 1 aliphatic carbocycles. The molecule has 0 bridgehead atoms. The molecule has 13 nitrogen and oxygen atoms in total. The molecule has 1 unspecified atom stereocenters. The molecule has 0 radical (unpaired) electrons. The molecule has 0 aromatic carbocycles. The Bertz CT molecular complexity index is 1480. The van der Waals surface area contributed by atoms with Gasteiger partial charge in [0, 0.05) is 50.5 Å². The zero-order valence-electron chi connectivity index (χ0n) is 39.5. The lowest BCUT2D eigenvalue weighted by Gasteiger charge is -2.20. The largest absolute Gasteiger partial charge is 0.472 e. The molecule has 0 amide bonds. The Kier molecular flexibility index (Phi) is 30.6. The Morgan fingerprint density at radius 2 is 1.32 bits per heavy atom. The highest BCUT2D eigenvalue weighted by molar-refractivity contribution is 7.47. The number of unbranched alkanes of at least 4 members (excludes halogenated alkanes) is 16. The second-order valence-corrected chi connectivity index (χ2v) is 19.1. The van der Waals surface area contributed by atoms with Gasteiger partial charge in [-0.05, 0) is 63.5 Å². The molecule has 2 rings (SSSR count). The third-order valence-electron chi connectivity index (χ3n) is 12.2. The minimum atomic E-state index is -4.46. The first kappa shape index (κ1) is 56.7. The molecule has 6 atom stereocenters. The highest BCUT2D eigenvalue weighted by atomic mass is 31.2. The van der Waals surface area contributed by atoms with E-state index in [1.54, 1.807) is 6.08 Å². The maximum absolute atomic E-state index is 12.8. The van der Waals surface area contributed by atoms with Crippen molar-refractivity contribution in [3.63, 3.8) is 0 Å². The first-order valence-electron chi connectivity index (χ1n) is 24.6. The molecule has 1 aromatic rings. The molecule has 0 saturated heterocycles. The van der Waals surface area contributed by atoms with Gasteiger partial charge in [0.15, 0.2) is 6.10 Å². The zero-order valence-corrected chi connectivity index (χ0v) is 40.4. The smallest absolute Gasteiger partial charge is 0.466 e. The fourth-order valence-electron chi connectivity index (χ4n) is 8.24. The van der Waals surface area contributed by atoms with Gasteiger partial charge in [0.05, 0.1) is 25.4 Å². The number of esters is 2.